The molecule has 2 aromatic heterocycles. The molecule has 0 aliphatic carbocycles. The number of aromatic nitrogens is 2. The summed E-state index contributed by atoms with van der Waals surface area (Å²) in [5.41, 5.74) is 13.7. The van der Waals surface area contributed by atoms with E-state index < -0.39 is 0 Å². The number of pyridine rings is 1. The Morgan fingerprint density at radius 2 is 1.68 bits per heavy atom. The zero-order chi connectivity index (χ0) is 19.1. The molecule has 3 aromatic carbocycles. The minimum Gasteiger partial charge on any atom is -0.399 e. The fraction of sp³-hybridized carbons (Fsp3) is 0.0417. The Hall–Kier alpha value is -3.63. The van der Waals surface area contributed by atoms with E-state index in [4.69, 9.17) is 10.7 Å². The monoisotopic (exact) mass is 365 g/mol. The van der Waals surface area contributed by atoms with Crippen LogP contribution in [0.25, 0.3) is 44.2 Å². The first kappa shape index (κ1) is 16.5. The molecule has 5 rings (SSSR count). The molecule has 0 fully saturated rings. The number of nitrogens with two attached hydrogens (primary N) is 1. The molecule has 4 heteroatoms. The molecule has 0 atom stereocenters. The van der Waals surface area contributed by atoms with Gasteiger partial charge in [-0.1, -0.05) is 48.5 Å². The summed E-state index contributed by atoms with van der Waals surface area (Å²) in [6, 6.07) is 24.2. The number of aliphatic hydroxyl groups excluding tert-OH is 1. The van der Waals surface area contributed by atoms with Gasteiger partial charge in [0.1, 0.15) is 5.65 Å². The van der Waals surface area contributed by atoms with E-state index in [2.05, 4.69) is 17.1 Å². The molecule has 0 radical (unpaired) electrons. The standard InChI is InChI=1S/C24H19N3O/c25-18-9-7-16(8-10-18)20-13-26-24-23(22(20)17-4-2-1-3-5-17)19-12-15(14-28)6-11-21(19)27-24/h1-13,28H,14,25H2,(H,26,27). The molecular formula is C24H19N3O. The van der Waals surface area contributed by atoms with Crippen molar-refractivity contribution in [1.29, 1.82) is 0 Å². The van der Waals surface area contributed by atoms with Gasteiger partial charge in [0.25, 0.3) is 0 Å². The SMILES string of the molecule is Nc1ccc(-c2cnc3[nH]c4ccc(CO)cc4c3c2-c2ccccc2)cc1. The molecule has 0 amide bonds. The Bertz CT molecular complexity index is 1290. The van der Waals surface area contributed by atoms with E-state index in [0.29, 0.717) is 0 Å². The lowest BCUT2D eigenvalue weighted by atomic mass is 9.92. The maximum atomic E-state index is 9.61. The highest BCUT2D eigenvalue weighted by Gasteiger charge is 2.17. The summed E-state index contributed by atoms with van der Waals surface area (Å²) in [6.07, 6.45) is 1.92. The number of rotatable bonds is 3. The van der Waals surface area contributed by atoms with E-state index in [-0.39, 0.29) is 6.61 Å². The normalized spacial score (nSPS) is 11.3. The molecule has 0 unspecified atom stereocenters. The van der Waals surface area contributed by atoms with Crippen molar-refractivity contribution in [3.63, 3.8) is 0 Å². The first-order valence-corrected chi connectivity index (χ1v) is 9.20. The third-order valence-corrected chi connectivity index (χ3v) is 5.15. The van der Waals surface area contributed by atoms with Crippen LogP contribution in [0.3, 0.4) is 0 Å². The Kier molecular flexibility index (Phi) is 3.85. The van der Waals surface area contributed by atoms with Crippen molar-refractivity contribution in [3.05, 3.63) is 84.6 Å². The quantitative estimate of drug-likeness (QED) is 0.388. The first-order chi connectivity index (χ1) is 13.7. The van der Waals surface area contributed by atoms with E-state index in [1.165, 1.54) is 0 Å². The maximum absolute atomic E-state index is 9.61. The second kappa shape index (κ2) is 6.51. The molecule has 0 spiro atoms. The summed E-state index contributed by atoms with van der Waals surface area (Å²) in [5.74, 6) is 0. The Morgan fingerprint density at radius 3 is 2.43 bits per heavy atom. The lowest BCUT2D eigenvalue weighted by molar-refractivity contribution is 0.282. The molecular weight excluding hydrogens is 346 g/mol. The predicted octanol–water partition coefficient (Wildman–Crippen LogP) is 5.12. The number of aromatic amines is 1. The first-order valence-electron chi connectivity index (χ1n) is 9.20. The van der Waals surface area contributed by atoms with Crippen LogP contribution < -0.4 is 5.73 Å². The summed E-state index contributed by atoms with van der Waals surface area (Å²) in [5, 5.41) is 11.7. The van der Waals surface area contributed by atoms with Gasteiger partial charge in [0, 0.05) is 39.3 Å². The summed E-state index contributed by atoms with van der Waals surface area (Å²) >= 11 is 0. The van der Waals surface area contributed by atoms with Gasteiger partial charge >= 0.3 is 0 Å². The second-order valence-electron chi connectivity index (χ2n) is 6.92. The largest absolute Gasteiger partial charge is 0.399 e. The van der Waals surface area contributed by atoms with Crippen molar-refractivity contribution in [2.24, 2.45) is 0 Å². The van der Waals surface area contributed by atoms with Crippen LogP contribution in [0.1, 0.15) is 5.56 Å². The highest BCUT2D eigenvalue weighted by Crippen LogP contribution is 2.40. The fourth-order valence-corrected chi connectivity index (χ4v) is 3.79. The summed E-state index contributed by atoms with van der Waals surface area (Å²) in [7, 11) is 0. The molecule has 5 aromatic rings. The average molecular weight is 365 g/mol. The van der Waals surface area contributed by atoms with Gasteiger partial charge in [-0.05, 0) is 41.0 Å². The van der Waals surface area contributed by atoms with Crippen LogP contribution in [0.15, 0.2) is 79.0 Å². The van der Waals surface area contributed by atoms with Gasteiger partial charge in [-0.15, -0.1) is 0 Å². The third-order valence-electron chi connectivity index (χ3n) is 5.15. The molecule has 0 saturated heterocycles. The Morgan fingerprint density at radius 1 is 0.893 bits per heavy atom. The number of nitrogen functional groups attached to an aromatic ring is 1. The number of aliphatic hydroxyl groups is 1. The zero-order valence-electron chi connectivity index (χ0n) is 15.2. The van der Waals surface area contributed by atoms with Gasteiger partial charge in [0.2, 0.25) is 0 Å². The van der Waals surface area contributed by atoms with Crippen molar-refractivity contribution in [3.8, 4) is 22.3 Å². The van der Waals surface area contributed by atoms with E-state index in [9.17, 15) is 5.11 Å². The Labute approximate surface area is 162 Å². The molecule has 28 heavy (non-hydrogen) atoms. The smallest absolute Gasteiger partial charge is 0.138 e. The minimum absolute atomic E-state index is 0.00830. The number of hydrogen-bond acceptors (Lipinski definition) is 3. The highest BCUT2D eigenvalue weighted by atomic mass is 16.3. The molecule has 2 heterocycles. The van der Waals surface area contributed by atoms with Gasteiger partial charge in [-0.2, -0.15) is 0 Å². The molecule has 136 valence electrons. The van der Waals surface area contributed by atoms with Gasteiger partial charge in [0.15, 0.2) is 0 Å². The number of fused-ring (bicyclic) bond motifs is 3. The fourth-order valence-electron chi connectivity index (χ4n) is 3.79. The minimum atomic E-state index is 0.00830. The van der Waals surface area contributed by atoms with Crippen molar-refractivity contribution < 1.29 is 5.11 Å². The number of benzene rings is 3. The van der Waals surface area contributed by atoms with Crippen molar-refractivity contribution in [2.45, 2.75) is 6.61 Å². The van der Waals surface area contributed by atoms with E-state index >= 15 is 0 Å². The van der Waals surface area contributed by atoms with Crippen molar-refractivity contribution in [2.75, 3.05) is 5.73 Å². The molecule has 0 bridgehead atoms. The molecule has 4 N–H and O–H groups in total. The average Bonchev–Trinajstić information content (AvgIpc) is 3.12. The number of hydrogen-bond donors (Lipinski definition) is 3. The van der Waals surface area contributed by atoms with Crippen LogP contribution >= 0.6 is 0 Å². The van der Waals surface area contributed by atoms with Crippen LogP contribution in [0, 0.1) is 0 Å². The van der Waals surface area contributed by atoms with Gasteiger partial charge in [-0.3, -0.25) is 0 Å². The highest BCUT2D eigenvalue weighted by molar-refractivity contribution is 6.16. The van der Waals surface area contributed by atoms with Crippen LogP contribution in [-0.4, -0.2) is 15.1 Å². The lowest BCUT2D eigenvalue weighted by Crippen LogP contribution is -1.91. The predicted molar refractivity (Wildman–Crippen MR) is 115 cm³/mol. The summed E-state index contributed by atoms with van der Waals surface area (Å²) < 4.78 is 0. The second-order valence-corrected chi connectivity index (χ2v) is 6.92. The van der Waals surface area contributed by atoms with E-state index in [1.807, 2.05) is 66.9 Å². The molecule has 0 aliphatic heterocycles. The molecule has 4 nitrogen and oxygen atoms in total. The van der Waals surface area contributed by atoms with Gasteiger partial charge < -0.3 is 15.8 Å². The number of H-pyrrole nitrogens is 1. The summed E-state index contributed by atoms with van der Waals surface area (Å²) in [4.78, 5) is 8.12. The third kappa shape index (κ3) is 2.63. The van der Waals surface area contributed by atoms with Gasteiger partial charge in [-0.25, -0.2) is 4.98 Å². The number of nitrogens with zero attached hydrogens (tertiary/aromatic N) is 1. The van der Waals surface area contributed by atoms with E-state index in [1.54, 1.807) is 0 Å². The number of anilines is 1. The van der Waals surface area contributed by atoms with Crippen LogP contribution in [0.5, 0.6) is 0 Å². The lowest BCUT2D eigenvalue weighted by Gasteiger charge is -2.12. The maximum Gasteiger partial charge on any atom is 0.138 e. The zero-order valence-corrected chi connectivity index (χ0v) is 15.2. The van der Waals surface area contributed by atoms with Crippen LogP contribution in [0.4, 0.5) is 5.69 Å². The topological polar surface area (TPSA) is 74.9 Å². The van der Waals surface area contributed by atoms with Crippen LogP contribution in [0.2, 0.25) is 0 Å². The molecule has 0 saturated carbocycles. The van der Waals surface area contributed by atoms with Crippen LogP contribution in [-0.2, 0) is 6.61 Å². The Balaban J connectivity index is 1.92. The summed E-state index contributed by atoms with van der Waals surface area (Å²) in [6.45, 7) is 0.00830. The van der Waals surface area contributed by atoms with Gasteiger partial charge in [0.05, 0.1) is 6.61 Å². The van der Waals surface area contributed by atoms with E-state index in [0.717, 1.165) is 55.4 Å². The number of nitrogens with one attached hydrogen (secondary N) is 1. The van der Waals surface area contributed by atoms with Crippen molar-refractivity contribution >= 4 is 27.6 Å². The van der Waals surface area contributed by atoms with Crippen molar-refractivity contribution in [1.82, 2.24) is 9.97 Å². The molecule has 0 aliphatic rings.